The molecule has 6 rings (SSSR count). The summed E-state index contributed by atoms with van der Waals surface area (Å²) in [4.78, 5) is 29.4. The molecule has 2 amide bonds. The monoisotopic (exact) mass is 450 g/mol. The molecule has 1 N–H and O–H groups in total. The molecule has 1 fully saturated rings. The fraction of sp³-hybridized carbons (Fsp3) is 0.154. The minimum absolute atomic E-state index is 0.199. The molecule has 3 aromatic rings. The predicted octanol–water partition coefficient (Wildman–Crippen LogP) is 4.06. The molecular formula is C26H15ClN4O2. The number of rotatable bonds is 2. The largest absolute Gasteiger partial charge is 0.325 e. The summed E-state index contributed by atoms with van der Waals surface area (Å²) in [5.41, 5.74) is -2.55. The van der Waals surface area contributed by atoms with Gasteiger partial charge in [-0.05, 0) is 28.8 Å². The van der Waals surface area contributed by atoms with Crippen LogP contribution < -0.4 is 10.2 Å². The zero-order valence-corrected chi connectivity index (χ0v) is 17.9. The lowest BCUT2D eigenvalue weighted by Crippen LogP contribution is -2.39. The maximum atomic E-state index is 14.3. The van der Waals surface area contributed by atoms with E-state index in [0.717, 1.165) is 5.56 Å². The maximum absolute atomic E-state index is 14.3. The number of nitriles is 2. The third kappa shape index (κ3) is 1.87. The number of nitrogens with one attached hydrogen (secondary N) is 1. The van der Waals surface area contributed by atoms with E-state index in [1.165, 1.54) is 4.90 Å². The van der Waals surface area contributed by atoms with Crippen LogP contribution in [0.1, 0.15) is 16.7 Å². The minimum Gasteiger partial charge on any atom is -0.325 e. The minimum atomic E-state index is -1.92. The first-order valence-electron chi connectivity index (χ1n) is 10.4. The number of carbonyl (C=O) groups is 2. The molecular weight excluding hydrogens is 436 g/mol. The Labute approximate surface area is 194 Å². The first-order chi connectivity index (χ1) is 16.0. The lowest BCUT2D eigenvalue weighted by atomic mass is 9.83. The number of halogens is 1. The SMILES string of the molecule is N#CC1(C#N)[C@@]2(C(=O)Nc3ccccc32)[C@]12C(=O)N(Cc1ccccc1)c1c(Cl)cccc12. The molecule has 7 heteroatoms. The van der Waals surface area contributed by atoms with E-state index in [0.29, 0.717) is 27.5 Å². The molecule has 2 spiro atoms. The fourth-order valence-corrected chi connectivity index (χ4v) is 6.35. The van der Waals surface area contributed by atoms with Gasteiger partial charge >= 0.3 is 0 Å². The number of fused-ring (bicyclic) bond motifs is 5. The fourth-order valence-electron chi connectivity index (χ4n) is 6.08. The maximum Gasteiger partial charge on any atom is 0.242 e. The van der Waals surface area contributed by atoms with Crippen molar-refractivity contribution in [1.82, 2.24) is 0 Å². The van der Waals surface area contributed by atoms with Crippen LogP contribution in [-0.4, -0.2) is 11.8 Å². The van der Waals surface area contributed by atoms with Crippen LogP contribution in [0.3, 0.4) is 0 Å². The summed E-state index contributed by atoms with van der Waals surface area (Å²) < 4.78 is 0. The molecule has 158 valence electrons. The van der Waals surface area contributed by atoms with E-state index < -0.39 is 28.1 Å². The molecule has 2 aliphatic heterocycles. The van der Waals surface area contributed by atoms with E-state index in [4.69, 9.17) is 11.6 Å². The Morgan fingerprint density at radius 3 is 2.24 bits per heavy atom. The van der Waals surface area contributed by atoms with Crippen molar-refractivity contribution in [3.63, 3.8) is 0 Å². The van der Waals surface area contributed by atoms with E-state index in [1.54, 1.807) is 42.5 Å². The van der Waals surface area contributed by atoms with Gasteiger partial charge in [0.25, 0.3) is 0 Å². The summed E-state index contributed by atoms with van der Waals surface area (Å²) in [6.07, 6.45) is 0. The third-order valence-electron chi connectivity index (χ3n) is 7.29. The van der Waals surface area contributed by atoms with Gasteiger partial charge in [-0.15, -0.1) is 0 Å². The van der Waals surface area contributed by atoms with E-state index in [1.807, 2.05) is 30.3 Å². The summed E-state index contributed by atoms with van der Waals surface area (Å²) in [6.45, 7) is 0.199. The molecule has 0 aromatic heterocycles. The van der Waals surface area contributed by atoms with Crippen molar-refractivity contribution < 1.29 is 9.59 Å². The predicted molar refractivity (Wildman–Crippen MR) is 121 cm³/mol. The average molecular weight is 451 g/mol. The normalized spacial score (nSPS) is 25.4. The third-order valence-corrected chi connectivity index (χ3v) is 7.60. The second kappa shape index (κ2) is 6.22. The summed E-state index contributed by atoms with van der Waals surface area (Å²) >= 11 is 6.60. The smallest absolute Gasteiger partial charge is 0.242 e. The van der Waals surface area contributed by atoms with E-state index >= 15 is 0 Å². The number of hydrogen-bond acceptors (Lipinski definition) is 4. The van der Waals surface area contributed by atoms with E-state index in [-0.39, 0.29) is 6.54 Å². The van der Waals surface area contributed by atoms with Gasteiger partial charge in [0.2, 0.25) is 11.8 Å². The van der Waals surface area contributed by atoms with Crippen LogP contribution in [0.2, 0.25) is 5.02 Å². The van der Waals surface area contributed by atoms with Gasteiger partial charge in [0, 0.05) is 5.69 Å². The van der Waals surface area contributed by atoms with Crippen LogP contribution in [0.15, 0.2) is 72.8 Å². The highest BCUT2D eigenvalue weighted by Crippen LogP contribution is 2.83. The Morgan fingerprint density at radius 2 is 1.52 bits per heavy atom. The van der Waals surface area contributed by atoms with Crippen LogP contribution in [-0.2, 0) is 27.0 Å². The lowest BCUT2D eigenvalue weighted by Gasteiger charge is -2.20. The topological polar surface area (TPSA) is 97.0 Å². The van der Waals surface area contributed by atoms with Crippen LogP contribution in [0.4, 0.5) is 11.4 Å². The Kier molecular flexibility index (Phi) is 3.69. The molecule has 1 aliphatic carbocycles. The molecule has 0 saturated heterocycles. The van der Waals surface area contributed by atoms with Gasteiger partial charge in [-0.2, -0.15) is 10.5 Å². The van der Waals surface area contributed by atoms with Gasteiger partial charge in [0.1, 0.15) is 10.8 Å². The second-order valence-electron chi connectivity index (χ2n) is 8.49. The first-order valence-corrected chi connectivity index (χ1v) is 10.8. The number of benzene rings is 3. The molecule has 2 heterocycles. The van der Waals surface area contributed by atoms with Crippen molar-refractivity contribution in [3.05, 3.63) is 94.5 Å². The Morgan fingerprint density at radius 1 is 0.848 bits per heavy atom. The zero-order valence-electron chi connectivity index (χ0n) is 17.2. The molecule has 3 aliphatic rings. The van der Waals surface area contributed by atoms with Crippen LogP contribution >= 0.6 is 11.6 Å². The average Bonchev–Trinajstić information content (AvgIpc) is 3.14. The summed E-state index contributed by atoms with van der Waals surface area (Å²) in [5, 5.41) is 23.9. The quantitative estimate of drug-likeness (QED) is 0.636. The second-order valence-corrected chi connectivity index (χ2v) is 8.89. The van der Waals surface area contributed by atoms with Gasteiger partial charge < -0.3 is 10.2 Å². The highest BCUT2D eigenvalue weighted by molar-refractivity contribution is 6.36. The number of amides is 2. The van der Waals surface area contributed by atoms with Crippen molar-refractivity contribution in [3.8, 4) is 12.1 Å². The summed E-state index contributed by atoms with van der Waals surface area (Å²) in [7, 11) is 0. The van der Waals surface area contributed by atoms with Gasteiger partial charge in [0.15, 0.2) is 5.41 Å². The standard InChI is InChI=1S/C26H15ClN4O2/c27-19-11-6-10-18-21(19)31(13-16-7-2-1-3-8-16)23(33)26(18)24(14-28,15-29)25(26)17-9-4-5-12-20(17)30-22(25)32/h1-12H,13H2,(H,30,32)/t25-,26-/m1/s1. The first kappa shape index (κ1) is 19.5. The zero-order chi connectivity index (χ0) is 23.0. The summed E-state index contributed by atoms with van der Waals surface area (Å²) in [6, 6.07) is 25.6. The molecule has 0 bridgehead atoms. The van der Waals surface area contributed by atoms with E-state index in [9.17, 15) is 20.1 Å². The van der Waals surface area contributed by atoms with Gasteiger partial charge in [0.05, 0.1) is 29.4 Å². The molecule has 2 atom stereocenters. The number of para-hydroxylation sites is 2. The van der Waals surface area contributed by atoms with Gasteiger partial charge in [-0.25, -0.2) is 0 Å². The molecule has 1 saturated carbocycles. The van der Waals surface area contributed by atoms with Crippen molar-refractivity contribution in [2.24, 2.45) is 5.41 Å². The molecule has 33 heavy (non-hydrogen) atoms. The van der Waals surface area contributed by atoms with Crippen LogP contribution in [0, 0.1) is 28.1 Å². The van der Waals surface area contributed by atoms with Crippen molar-refractivity contribution >= 4 is 34.8 Å². The van der Waals surface area contributed by atoms with Crippen LogP contribution in [0.25, 0.3) is 0 Å². The molecule has 0 unspecified atom stereocenters. The number of carbonyl (C=O) groups excluding carboxylic acids is 2. The number of anilines is 2. The lowest BCUT2D eigenvalue weighted by molar-refractivity contribution is -0.124. The highest BCUT2D eigenvalue weighted by atomic mass is 35.5. The highest BCUT2D eigenvalue weighted by Gasteiger charge is 3.00. The molecule has 6 nitrogen and oxygen atoms in total. The number of nitrogens with zero attached hydrogens (tertiary/aromatic N) is 3. The summed E-state index contributed by atoms with van der Waals surface area (Å²) in [5.74, 6) is -0.989. The Bertz CT molecular complexity index is 1460. The Hall–Kier alpha value is -4.13. The van der Waals surface area contributed by atoms with Crippen molar-refractivity contribution in [2.75, 3.05) is 10.2 Å². The number of hydrogen-bond donors (Lipinski definition) is 1. The van der Waals surface area contributed by atoms with Gasteiger partial charge in [-0.1, -0.05) is 72.3 Å². The van der Waals surface area contributed by atoms with Crippen molar-refractivity contribution in [2.45, 2.75) is 17.4 Å². The van der Waals surface area contributed by atoms with Gasteiger partial charge in [-0.3, -0.25) is 9.59 Å². The van der Waals surface area contributed by atoms with Crippen LogP contribution in [0.5, 0.6) is 0 Å². The Balaban J connectivity index is 1.67. The molecule has 3 aromatic carbocycles. The molecule has 0 radical (unpaired) electrons. The van der Waals surface area contributed by atoms with Crippen molar-refractivity contribution in [1.29, 1.82) is 10.5 Å². The van der Waals surface area contributed by atoms with E-state index in [2.05, 4.69) is 17.5 Å².